The summed E-state index contributed by atoms with van der Waals surface area (Å²) in [7, 11) is 0. The van der Waals surface area contributed by atoms with Gasteiger partial charge in [-0.05, 0) is 42.0 Å². The van der Waals surface area contributed by atoms with E-state index >= 15 is 0 Å². The van der Waals surface area contributed by atoms with E-state index in [0.717, 1.165) is 35.1 Å². The van der Waals surface area contributed by atoms with Crippen molar-refractivity contribution in [1.82, 2.24) is 4.98 Å². The van der Waals surface area contributed by atoms with Gasteiger partial charge in [-0.25, -0.2) is 13.8 Å². The third-order valence-corrected chi connectivity index (χ3v) is 4.35. The Morgan fingerprint density at radius 1 is 1.07 bits per heavy atom. The lowest BCUT2D eigenvalue weighted by molar-refractivity contribution is -0.114. The van der Waals surface area contributed by atoms with Crippen LogP contribution < -0.4 is 10.6 Å². The van der Waals surface area contributed by atoms with E-state index < -0.39 is 17.5 Å². The summed E-state index contributed by atoms with van der Waals surface area (Å²) >= 11 is 1.11. The van der Waals surface area contributed by atoms with Crippen LogP contribution in [0.3, 0.4) is 0 Å². The molecule has 0 unspecified atom stereocenters. The summed E-state index contributed by atoms with van der Waals surface area (Å²) in [6.45, 7) is 1.42. The number of nitrogens with one attached hydrogen (secondary N) is 2. The molecule has 0 aliphatic rings. The number of carbonyl (C=O) groups excluding carboxylic acids is 2. The fraction of sp³-hybridized carbons (Fsp3) is 0.0500. The van der Waals surface area contributed by atoms with E-state index in [2.05, 4.69) is 15.6 Å². The summed E-state index contributed by atoms with van der Waals surface area (Å²) in [6.07, 6.45) is 2.94. The van der Waals surface area contributed by atoms with Crippen LogP contribution >= 0.6 is 11.3 Å². The molecule has 0 radical (unpaired) electrons. The van der Waals surface area contributed by atoms with Crippen LogP contribution in [0.5, 0.6) is 0 Å². The molecule has 2 amide bonds. The van der Waals surface area contributed by atoms with Gasteiger partial charge in [0.1, 0.15) is 11.6 Å². The molecule has 5 nitrogen and oxygen atoms in total. The molecule has 0 saturated carbocycles. The Hall–Kier alpha value is -3.39. The van der Waals surface area contributed by atoms with Gasteiger partial charge >= 0.3 is 0 Å². The van der Waals surface area contributed by atoms with Gasteiger partial charge < -0.3 is 5.32 Å². The summed E-state index contributed by atoms with van der Waals surface area (Å²) in [5, 5.41) is 7.05. The quantitative estimate of drug-likeness (QED) is 0.611. The molecule has 3 rings (SSSR count). The highest BCUT2D eigenvalue weighted by Gasteiger charge is 2.11. The van der Waals surface area contributed by atoms with Gasteiger partial charge in [-0.3, -0.25) is 14.9 Å². The van der Waals surface area contributed by atoms with Gasteiger partial charge in [-0.1, -0.05) is 12.1 Å². The SMILES string of the molecule is CC(=O)Nc1ccc(/C=C/C(=O)Nc2nc(-c3cc(F)ccc3F)cs2)cc1. The molecular weight excluding hydrogens is 384 g/mol. The number of rotatable bonds is 5. The second kappa shape index (κ2) is 8.53. The molecule has 28 heavy (non-hydrogen) atoms. The zero-order chi connectivity index (χ0) is 20.1. The highest BCUT2D eigenvalue weighted by Crippen LogP contribution is 2.27. The Balaban J connectivity index is 1.64. The lowest BCUT2D eigenvalue weighted by Crippen LogP contribution is -2.07. The monoisotopic (exact) mass is 399 g/mol. The first kappa shape index (κ1) is 19.4. The van der Waals surface area contributed by atoms with E-state index in [4.69, 9.17) is 0 Å². The summed E-state index contributed by atoms with van der Waals surface area (Å²) < 4.78 is 27.1. The number of nitrogens with zero attached hydrogens (tertiary/aromatic N) is 1. The fourth-order valence-corrected chi connectivity index (χ4v) is 3.06. The van der Waals surface area contributed by atoms with E-state index in [1.165, 1.54) is 18.4 Å². The second-order valence-corrected chi connectivity index (χ2v) is 6.65. The standard InChI is InChI=1S/C20H15F2N3O2S/c1-12(26)23-15-6-2-13(3-7-15)4-9-19(27)25-20-24-18(11-28-20)16-10-14(21)5-8-17(16)22/h2-11H,1H3,(H,23,26)(H,24,25,27)/b9-4+. The minimum atomic E-state index is -0.591. The van der Waals surface area contributed by atoms with Crippen molar-refractivity contribution >= 4 is 40.0 Å². The molecule has 0 fully saturated rings. The molecule has 0 bridgehead atoms. The van der Waals surface area contributed by atoms with E-state index in [1.54, 1.807) is 30.3 Å². The number of hydrogen-bond donors (Lipinski definition) is 2. The normalized spacial score (nSPS) is 10.8. The van der Waals surface area contributed by atoms with Gasteiger partial charge in [0.2, 0.25) is 11.8 Å². The van der Waals surface area contributed by atoms with E-state index in [1.807, 2.05) is 0 Å². The summed E-state index contributed by atoms with van der Waals surface area (Å²) in [5.74, 6) is -1.73. The Labute approximate surface area is 163 Å². The van der Waals surface area contributed by atoms with E-state index in [9.17, 15) is 18.4 Å². The molecule has 0 aliphatic heterocycles. The Bertz CT molecular complexity index is 1050. The Morgan fingerprint density at radius 2 is 1.82 bits per heavy atom. The highest BCUT2D eigenvalue weighted by atomic mass is 32.1. The zero-order valence-electron chi connectivity index (χ0n) is 14.7. The van der Waals surface area contributed by atoms with Crippen molar-refractivity contribution < 1.29 is 18.4 Å². The van der Waals surface area contributed by atoms with Gasteiger partial charge in [0, 0.05) is 29.6 Å². The maximum Gasteiger partial charge on any atom is 0.250 e. The number of hydrogen-bond acceptors (Lipinski definition) is 4. The van der Waals surface area contributed by atoms with Crippen molar-refractivity contribution in [2.75, 3.05) is 10.6 Å². The smallest absolute Gasteiger partial charge is 0.250 e. The number of anilines is 2. The van der Waals surface area contributed by atoms with Crippen molar-refractivity contribution in [3.8, 4) is 11.3 Å². The van der Waals surface area contributed by atoms with Crippen molar-refractivity contribution in [2.45, 2.75) is 6.92 Å². The van der Waals surface area contributed by atoms with Crippen molar-refractivity contribution in [3.05, 3.63) is 71.1 Å². The van der Waals surface area contributed by atoms with Crippen LogP contribution in [0.25, 0.3) is 17.3 Å². The second-order valence-electron chi connectivity index (χ2n) is 5.79. The highest BCUT2D eigenvalue weighted by molar-refractivity contribution is 7.14. The van der Waals surface area contributed by atoms with Crippen LogP contribution in [-0.2, 0) is 9.59 Å². The molecule has 0 aliphatic carbocycles. The predicted molar refractivity (Wildman–Crippen MR) is 106 cm³/mol. The molecule has 0 spiro atoms. The molecule has 0 saturated heterocycles. The fourth-order valence-electron chi connectivity index (χ4n) is 2.35. The third-order valence-electron chi connectivity index (χ3n) is 3.60. The number of benzene rings is 2. The first-order chi connectivity index (χ1) is 13.4. The van der Waals surface area contributed by atoms with Gasteiger partial charge in [0.05, 0.1) is 5.69 Å². The van der Waals surface area contributed by atoms with Gasteiger partial charge in [-0.2, -0.15) is 0 Å². The van der Waals surface area contributed by atoms with Crippen molar-refractivity contribution in [3.63, 3.8) is 0 Å². The topological polar surface area (TPSA) is 71.1 Å². The largest absolute Gasteiger partial charge is 0.326 e. The average Bonchev–Trinajstić information content (AvgIpc) is 3.11. The summed E-state index contributed by atoms with van der Waals surface area (Å²) in [5.41, 5.74) is 1.71. The average molecular weight is 399 g/mol. The molecule has 3 aromatic rings. The van der Waals surface area contributed by atoms with Crippen LogP contribution in [0.4, 0.5) is 19.6 Å². The van der Waals surface area contributed by atoms with E-state index in [0.29, 0.717) is 5.69 Å². The van der Waals surface area contributed by atoms with Crippen molar-refractivity contribution in [2.24, 2.45) is 0 Å². The number of thiazole rings is 1. The number of carbonyl (C=O) groups is 2. The molecule has 1 aromatic heterocycles. The summed E-state index contributed by atoms with van der Waals surface area (Å²) in [4.78, 5) is 27.2. The Kier molecular flexibility index (Phi) is 5.90. The molecule has 142 valence electrons. The predicted octanol–water partition coefficient (Wildman–Crippen LogP) is 4.70. The van der Waals surface area contributed by atoms with Gasteiger partial charge in [0.25, 0.3) is 0 Å². The number of amides is 2. The first-order valence-corrected chi connectivity index (χ1v) is 9.06. The third kappa shape index (κ3) is 5.08. The van der Waals surface area contributed by atoms with Crippen LogP contribution in [0.15, 0.2) is 53.9 Å². The molecule has 2 N–H and O–H groups in total. The molecular formula is C20H15F2N3O2S. The molecule has 0 atom stereocenters. The minimum absolute atomic E-state index is 0.0338. The van der Waals surface area contributed by atoms with Gasteiger partial charge in [0.15, 0.2) is 5.13 Å². The van der Waals surface area contributed by atoms with Crippen LogP contribution in [0, 0.1) is 11.6 Å². The van der Waals surface area contributed by atoms with Crippen LogP contribution in [0.1, 0.15) is 12.5 Å². The number of halogens is 2. The zero-order valence-corrected chi connectivity index (χ0v) is 15.5. The maximum absolute atomic E-state index is 13.8. The minimum Gasteiger partial charge on any atom is -0.326 e. The lowest BCUT2D eigenvalue weighted by Gasteiger charge is -2.01. The van der Waals surface area contributed by atoms with Crippen LogP contribution in [0.2, 0.25) is 0 Å². The maximum atomic E-state index is 13.8. The first-order valence-electron chi connectivity index (χ1n) is 8.18. The van der Waals surface area contributed by atoms with Crippen LogP contribution in [-0.4, -0.2) is 16.8 Å². The number of aromatic nitrogens is 1. The Morgan fingerprint density at radius 3 is 2.54 bits per heavy atom. The molecule has 8 heteroatoms. The molecule has 2 aromatic carbocycles. The van der Waals surface area contributed by atoms with Gasteiger partial charge in [-0.15, -0.1) is 11.3 Å². The summed E-state index contributed by atoms with van der Waals surface area (Å²) in [6, 6.07) is 10.1. The van der Waals surface area contributed by atoms with Crippen molar-refractivity contribution in [1.29, 1.82) is 0 Å². The molecule has 1 heterocycles. The van der Waals surface area contributed by atoms with E-state index in [-0.39, 0.29) is 22.3 Å². The lowest BCUT2D eigenvalue weighted by atomic mass is 10.1.